The Bertz CT molecular complexity index is 716. The normalized spacial score (nSPS) is 10.4. The van der Waals surface area contributed by atoms with Crippen LogP contribution in [0.4, 0.5) is 4.39 Å². The molecule has 20 heavy (non-hydrogen) atoms. The maximum atomic E-state index is 13.2. The summed E-state index contributed by atoms with van der Waals surface area (Å²) < 4.78 is 13.2. The van der Waals surface area contributed by atoms with Gasteiger partial charge in [0.25, 0.3) is 0 Å². The van der Waals surface area contributed by atoms with E-state index < -0.39 is 0 Å². The Kier molecular flexibility index (Phi) is 3.74. The first-order valence-electron chi connectivity index (χ1n) is 6.13. The van der Waals surface area contributed by atoms with E-state index in [2.05, 4.69) is 9.97 Å². The van der Waals surface area contributed by atoms with Gasteiger partial charge in [0.15, 0.2) is 5.16 Å². The summed E-state index contributed by atoms with van der Waals surface area (Å²) in [5, 5.41) is 0.608. The minimum atomic E-state index is -0.255. The molecule has 0 aliphatic rings. The number of aromatic nitrogens is 2. The molecule has 1 heterocycles. The number of rotatable bonds is 3. The molecule has 0 fully saturated rings. The van der Waals surface area contributed by atoms with Crippen molar-refractivity contribution < 1.29 is 4.39 Å². The third-order valence-electron chi connectivity index (χ3n) is 2.71. The number of halogens is 1. The van der Waals surface area contributed by atoms with E-state index in [9.17, 15) is 4.39 Å². The Labute approximate surface area is 120 Å². The first-order chi connectivity index (χ1) is 9.81. The van der Waals surface area contributed by atoms with Gasteiger partial charge in [0.1, 0.15) is 5.82 Å². The Hall–Kier alpha value is -2.20. The van der Waals surface area contributed by atoms with Gasteiger partial charge in [-0.15, -0.1) is 0 Å². The van der Waals surface area contributed by atoms with Crippen LogP contribution in [0.1, 0.15) is 0 Å². The van der Waals surface area contributed by atoms with E-state index >= 15 is 0 Å². The van der Waals surface area contributed by atoms with E-state index in [1.807, 2.05) is 42.5 Å². The van der Waals surface area contributed by atoms with Crippen molar-refractivity contribution >= 4 is 11.8 Å². The summed E-state index contributed by atoms with van der Waals surface area (Å²) in [5.41, 5.74) is 1.90. The molecule has 0 saturated heterocycles. The minimum absolute atomic E-state index is 0.255. The average molecular weight is 282 g/mol. The highest BCUT2D eigenvalue weighted by Crippen LogP contribution is 2.26. The molecule has 0 N–H and O–H groups in total. The van der Waals surface area contributed by atoms with Crippen LogP contribution in [0.5, 0.6) is 0 Å². The molecule has 0 saturated carbocycles. The van der Waals surface area contributed by atoms with E-state index in [4.69, 9.17) is 0 Å². The molecular formula is C16H11FN2S. The molecular weight excluding hydrogens is 271 g/mol. The Morgan fingerprint density at radius 1 is 0.900 bits per heavy atom. The van der Waals surface area contributed by atoms with Crippen LogP contribution in [0.25, 0.3) is 11.3 Å². The standard InChI is InChI=1S/C16H11FN2S/c17-13-7-4-8-14(11-13)20-16-18-10-9-15(19-16)12-5-2-1-3-6-12/h1-11H. The predicted molar refractivity (Wildman–Crippen MR) is 78.0 cm³/mol. The molecule has 3 rings (SSSR count). The van der Waals surface area contributed by atoms with Gasteiger partial charge in [-0.1, -0.05) is 36.4 Å². The quantitative estimate of drug-likeness (QED) is 0.664. The number of hydrogen-bond donors (Lipinski definition) is 0. The summed E-state index contributed by atoms with van der Waals surface area (Å²) in [5.74, 6) is -0.255. The second kappa shape index (κ2) is 5.84. The summed E-state index contributed by atoms with van der Waals surface area (Å²) in [7, 11) is 0. The second-order valence-electron chi connectivity index (χ2n) is 4.15. The van der Waals surface area contributed by atoms with Crippen molar-refractivity contribution in [1.29, 1.82) is 0 Å². The zero-order valence-corrected chi connectivity index (χ0v) is 11.3. The lowest BCUT2D eigenvalue weighted by Gasteiger charge is -2.03. The third-order valence-corrected chi connectivity index (χ3v) is 3.58. The van der Waals surface area contributed by atoms with Gasteiger partial charge >= 0.3 is 0 Å². The lowest BCUT2D eigenvalue weighted by Crippen LogP contribution is -1.89. The van der Waals surface area contributed by atoms with Crippen LogP contribution in [0.15, 0.2) is 76.9 Å². The van der Waals surface area contributed by atoms with Crippen molar-refractivity contribution in [3.05, 3.63) is 72.7 Å². The predicted octanol–water partition coefficient (Wildman–Crippen LogP) is 4.43. The largest absolute Gasteiger partial charge is 0.231 e. The fraction of sp³-hybridized carbons (Fsp3) is 0. The third kappa shape index (κ3) is 3.03. The van der Waals surface area contributed by atoms with Crippen LogP contribution in [-0.2, 0) is 0 Å². The zero-order chi connectivity index (χ0) is 13.8. The highest BCUT2D eigenvalue weighted by Gasteiger charge is 2.04. The Balaban J connectivity index is 1.88. The van der Waals surface area contributed by atoms with Gasteiger partial charge in [-0.3, -0.25) is 0 Å². The van der Waals surface area contributed by atoms with Crippen molar-refractivity contribution in [2.45, 2.75) is 10.1 Å². The molecule has 0 radical (unpaired) electrons. The maximum absolute atomic E-state index is 13.2. The van der Waals surface area contributed by atoms with Gasteiger partial charge in [-0.2, -0.15) is 0 Å². The highest BCUT2D eigenvalue weighted by atomic mass is 32.2. The summed E-state index contributed by atoms with van der Waals surface area (Å²) in [6.07, 6.45) is 1.72. The summed E-state index contributed by atoms with van der Waals surface area (Å²) in [6.45, 7) is 0. The summed E-state index contributed by atoms with van der Waals surface area (Å²) in [4.78, 5) is 9.50. The highest BCUT2D eigenvalue weighted by molar-refractivity contribution is 7.99. The fourth-order valence-corrected chi connectivity index (χ4v) is 2.58. The number of hydrogen-bond acceptors (Lipinski definition) is 3. The monoisotopic (exact) mass is 282 g/mol. The molecule has 3 aromatic rings. The van der Waals surface area contributed by atoms with Crippen molar-refractivity contribution in [3.8, 4) is 11.3 Å². The van der Waals surface area contributed by atoms with Gasteiger partial charge in [-0.05, 0) is 36.0 Å². The van der Waals surface area contributed by atoms with Gasteiger partial charge in [0.05, 0.1) is 5.69 Å². The Morgan fingerprint density at radius 2 is 1.75 bits per heavy atom. The molecule has 0 bridgehead atoms. The molecule has 1 aromatic heterocycles. The first kappa shape index (κ1) is 12.8. The lowest BCUT2D eigenvalue weighted by molar-refractivity contribution is 0.624. The molecule has 98 valence electrons. The van der Waals surface area contributed by atoms with E-state index in [1.54, 1.807) is 12.3 Å². The van der Waals surface area contributed by atoms with Gasteiger partial charge in [0.2, 0.25) is 0 Å². The fourth-order valence-electron chi connectivity index (χ4n) is 1.80. The number of benzene rings is 2. The van der Waals surface area contributed by atoms with Crippen molar-refractivity contribution in [2.24, 2.45) is 0 Å². The number of nitrogens with zero attached hydrogens (tertiary/aromatic N) is 2. The second-order valence-corrected chi connectivity index (χ2v) is 5.19. The van der Waals surface area contributed by atoms with Crippen LogP contribution >= 0.6 is 11.8 Å². The molecule has 4 heteroatoms. The molecule has 0 spiro atoms. The van der Waals surface area contributed by atoms with E-state index in [1.165, 1.54) is 23.9 Å². The topological polar surface area (TPSA) is 25.8 Å². The first-order valence-corrected chi connectivity index (χ1v) is 6.95. The van der Waals surface area contributed by atoms with Crippen LogP contribution in [0.2, 0.25) is 0 Å². The summed E-state index contributed by atoms with van der Waals surface area (Å²) >= 11 is 1.35. The lowest BCUT2D eigenvalue weighted by atomic mass is 10.1. The molecule has 0 atom stereocenters. The van der Waals surface area contributed by atoms with Crippen molar-refractivity contribution in [1.82, 2.24) is 9.97 Å². The van der Waals surface area contributed by atoms with E-state index in [0.29, 0.717) is 5.16 Å². The molecule has 0 amide bonds. The van der Waals surface area contributed by atoms with Gasteiger partial charge in [-0.25, -0.2) is 14.4 Å². The van der Waals surface area contributed by atoms with E-state index in [0.717, 1.165) is 16.2 Å². The zero-order valence-electron chi connectivity index (χ0n) is 10.5. The van der Waals surface area contributed by atoms with Crippen LogP contribution < -0.4 is 0 Å². The van der Waals surface area contributed by atoms with Crippen LogP contribution in [0.3, 0.4) is 0 Å². The van der Waals surface area contributed by atoms with Gasteiger partial charge < -0.3 is 0 Å². The maximum Gasteiger partial charge on any atom is 0.192 e. The molecule has 0 unspecified atom stereocenters. The SMILES string of the molecule is Fc1cccc(Sc2nccc(-c3ccccc3)n2)c1. The summed E-state index contributed by atoms with van der Waals surface area (Å²) in [6, 6.07) is 18.2. The average Bonchev–Trinajstić information content (AvgIpc) is 2.48. The van der Waals surface area contributed by atoms with Crippen LogP contribution in [-0.4, -0.2) is 9.97 Å². The Morgan fingerprint density at radius 3 is 2.55 bits per heavy atom. The van der Waals surface area contributed by atoms with Crippen LogP contribution in [0, 0.1) is 5.82 Å². The van der Waals surface area contributed by atoms with E-state index in [-0.39, 0.29) is 5.82 Å². The molecule has 0 aliphatic heterocycles. The van der Waals surface area contributed by atoms with Crippen molar-refractivity contribution in [3.63, 3.8) is 0 Å². The smallest absolute Gasteiger partial charge is 0.192 e. The molecule has 2 aromatic carbocycles. The minimum Gasteiger partial charge on any atom is -0.231 e. The molecule has 0 aliphatic carbocycles. The van der Waals surface area contributed by atoms with Crippen molar-refractivity contribution in [2.75, 3.05) is 0 Å². The molecule has 2 nitrogen and oxygen atoms in total. The van der Waals surface area contributed by atoms with Gasteiger partial charge in [0, 0.05) is 16.7 Å².